The molecule has 1 aliphatic rings. The molecule has 1 N–H and O–H groups in total. The quantitative estimate of drug-likeness (QED) is 0.780. The number of hydrogen-bond acceptors (Lipinski definition) is 2. The van der Waals surface area contributed by atoms with Crippen molar-refractivity contribution in [3.05, 3.63) is 77.4 Å². The van der Waals surface area contributed by atoms with Crippen LogP contribution >= 0.6 is 0 Å². The molecule has 0 bridgehead atoms. The van der Waals surface area contributed by atoms with Gasteiger partial charge in [-0.25, -0.2) is 4.98 Å². The summed E-state index contributed by atoms with van der Waals surface area (Å²) >= 11 is 0. The van der Waals surface area contributed by atoms with E-state index in [2.05, 4.69) is 70.5 Å². The Bertz CT molecular complexity index is 832. The van der Waals surface area contributed by atoms with Gasteiger partial charge in [-0.15, -0.1) is 0 Å². The molecule has 3 heteroatoms. The number of fused-ring (bicyclic) bond motifs is 2. The number of hydrogen-bond donors (Lipinski definition) is 1. The van der Waals surface area contributed by atoms with Crippen molar-refractivity contribution < 1.29 is 0 Å². The molecule has 0 spiro atoms. The molecule has 0 atom stereocenters. The van der Waals surface area contributed by atoms with Crippen molar-refractivity contribution in [3.8, 4) is 0 Å². The highest BCUT2D eigenvalue weighted by Crippen LogP contribution is 2.30. The predicted molar refractivity (Wildman–Crippen MR) is 94.3 cm³/mol. The van der Waals surface area contributed by atoms with E-state index < -0.39 is 0 Å². The zero-order valence-corrected chi connectivity index (χ0v) is 13.4. The lowest BCUT2D eigenvalue weighted by Crippen LogP contribution is -2.04. The van der Waals surface area contributed by atoms with Gasteiger partial charge in [0.05, 0.1) is 0 Å². The molecule has 1 aliphatic heterocycles. The summed E-state index contributed by atoms with van der Waals surface area (Å²) in [5.41, 5.74) is 6.61. The van der Waals surface area contributed by atoms with Gasteiger partial charge in [0.2, 0.25) is 0 Å². The van der Waals surface area contributed by atoms with Gasteiger partial charge in [-0.3, -0.25) is 0 Å². The highest BCUT2D eigenvalue weighted by atomic mass is 15.1. The molecule has 1 aromatic heterocycles. The van der Waals surface area contributed by atoms with Gasteiger partial charge in [-0.05, 0) is 41.7 Å². The van der Waals surface area contributed by atoms with Crippen LogP contribution in [0, 0.1) is 0 Å². The second-order valence-corrected chi connectivity index (χ2v) is 6.10. The summed E-state index contributed by atoms with van der Waals surface area (Å²) in [5, 5.41) is 3.59. The molecule has 23 heavy (non-hydrogen) atoms. The minimum absolute atomic E-state index is 0.892. The van der Waals surface area contributed by atoms with Gasteiger partial charge in [0.25, 0.3) is 0 Å². The van der Waals surface area contributed by atoms with E-state index in [0.29, 0.717) is 0 Å². The fourth-order valence-corrected chi connectivity index (χ4v) is 3.34. The van der Waals surface area contributed by atoms with Gasteiger partial charge in [0.1, 0.15) is 5.82 Å². The zero-order valence-electron chi connectivity index (χ0n) is 13.4. The van der Waals surface area contributed by atoms with Crippen molar-refractivity contribution in [3.63, 3.8) is 0 Å². The molecule has 2 heterocycles. The highest BCUT2D eigenvalue weighted by molar-refractivity contribution is 5.68. The summed E-state index contributed by atoms with van der Waals surface area (Å²) in [6, 6.07) is 15.4. The van der Waals surface area contributed by atoms with Crippen molar-refractivity contribution in [1.82, 2.24) is 9.55 Å². The molecule has 0 aliphatic carbocycles. The minimum atomic E-state index is 0.892. The topological polar surface area (TPSA) is 29.9 Å². The third-order valence-electron chi connectivity index (χ3n) is 4.59. The van der Waals surface area contributed by atoms with Crippen molar-refractivity contribution in [2.24, 2.45) is 0 Å². The summed E-state index contributed by atoms with van der Waals surface area (Å²) < 4.78 is 2.24. The lowest BCUT2D eigenvalue weighted by Gasteiger charge is -2.12. The molecule has 0 amide bonds. The smallest absolute Gasteiger partial charge is 0.108 e. The van der Waals surface area contributed by atoms with E-state index in [4.69, 9.17) is 0 Å². The van der Waals surface area contributed by atoms with Gasteiger partial charge >= 0.3 is 0 Å². The first kappa shape index (κ1) is 14.1. The van der Waals surface area contributed by atoms with Crippen molar-refractivity contribution in [2.45, 2.75) is 32.7 Å². The first-order valence-electron chi connectivity index (χ1n) is 8.30. The highest BCUT2D eigenvalue weighted by Gasteiger charge is 2.13. The summed E-state index contributed by atoms with van der Waals surface area (Å²) in [4.78, 5) is 4.41. The van der Waals surface area contributed by atoms with Gasteiger partial charge in [-0.2, -0.15) is 0 Å². The molecular weight excluding hydrogens is 282 g/mol. The predicted octanol–water partition coefficient (Wildman–Crippen LogP) is 4.34. The maximum Gasteiger partial charge on any atom is 0.108 e. The number of nitrogens with zero attached hydrogens (tertiary/aromatic N) is 2. The number of aromatic nitrogens is 2. The van der Waals surface area contributed by atoms with Crippen LogP contribution in [-0.2, 0) is 25.8 Å². The molecule has 2 aromatic carbocycles. The molecule has 0 radical (unpaired) electrons. The first-order valence-corrected chi connectivity index (χ1v) is 8.30. The van der Waals surface area contributed by atoms with Crippen LogP contribution in [0.1, 0.15) is 29.4 Å². The van der Waals surface area contributed by atoms with Crippen LogP contribution in [0.4, 0.5) is 11.4 Å². The molecule has 3 aromatic rings. The maximum atomic E-state index is 4.41. The Morgan fingerprint density at radius 3 is 2.78 bits per heavy atom. The second kappa shape index (κ2) is 5.92. The van der Waals surface area contributed by atoms with Crippen LogP contribution < -0.4 is 5.32 Å². The molecule has 0 saturated heterocycles. The minimum Gasteiger partial charge on any atom is -0.355 e. The van der Waals surface area contributed by atoms with Crippen LogP contribution in [0.5, 0.6) is 0 Å². The maximum absolute atomic E-state index is 4.41. The van der Waals surface area contributed by atoms with E-state index in [9.17, 15) is 0 Å². The van der Waals surface area contributed by atoms with Crippen molar-refractivity contribution in [2.75, 3.05) is 5.32 Å². The normalized spacial score (nSPS) is 12.9. The van der Waals surface area contributed by atoms with Crippen LogP contribution in [-0.4, -0.2) is 9.55 Å². The third-order valence-corrected chi connectivity index (χ3v) is 4.59. The Morgan fingerprint density at radius 2 is 1.87 bits per heavy atom. The summed E-state index contributed by atoms with van der Waals surface area (Å²) in [5.74, 6) is 1.14. The van der Waals surface area contributed by atoms with Crippen LogP contribution in [0.3, 0.4) is 0 Å². The standard InChI is InChI=1S/C20H21N3/c1-2-20-21-11-12-23(20)14-15-7-10-19-17(13-15)9-8-16-5-3-4-6-18(16)22-19/h3-7,10-13,22H,2,8-9,14H2,1H3. The largest absolute Gasteiger partial charge is 0.355 e. The number of benzene rings is 2. The van der Waals surface area contributed by atoms with Crippen LogP contribution in [0.2, 0.25) is 0 Å². The number of imidazole rings is 1. The lowest BCUT2D eigenvalue weighted by molar-refractivity contribution is 0.731. The summed E-state index contributed by atoms with van der Waals surface area (Å²) in [6.45, 7) is 3.04. The Balaban J connectivity index is 1.62. The van der Waals surface area contributed by atoms with Gasteiger partial charge in [0.15, 0.2) is 0 Å². The van der Waals surface area contributed by atoms with Crippen LogP contribution in [0.15, 0.2) is 54.9 Å². The number of para-hydroxylation sites is 1. The Labute approximate surface area is 137 Å². The molecule has 0 unspecified atom stereocenters. The number of nitrogens with one attached hydrogen (secondary N) is 1. The van der Waals surface area contributed by atoms with Crippen LogP contribution in [0.25, 0.3) is 0 Å². The van der Waals surface area contributed by atoms with E-state index >= 15 is 0 Å². The summed E-state index contributed by atoms with van der Waals surface area (Å²) in [6.07, 6.45) is 7.09. The molecule has 0 fully saturated rings. The van der Waals surface area contributed by atoms with E-state index in [1.165, 1.54) is 28.1 Å². The fourth-order valence-electron chi connectivity index (χ4n) is 3.34. The second-order valence-electron chi connectivity index (χ2n) is 6.10. The molecule has 0 saturated carbocycles. The average molecular weight is 303 g/mol. The SMILES string of the molecule is CCc1nccn1Cc1ccc2c(c1)CCc1ccccc1N2. The third kappa shape index (κ3) is 2.74. The van der Waals surface area contributed by atoms with E-state index in [1.807, 2.05) is 6.20 Å². The van der Waals surface area contributed by atoms with Gasteiger partial charge in [0, 0.05) is 36.7 Å². The monoisotopic (exact) mass is 303 g/mol. The molecule has 4 rings (SSSR count). The van der Waals surface area contributed by atoms with Crippen molar-refractivity contribution in [1.29, 1.82) is 0 Å². The van der Waals surface area contributed by atoms with E-state index in [0.717, 1.165) is 31.6 Å². The molecule has 3 nitrogen and oxygen atoms in total. The number of anilines is 2. The molecular formula is C20H21N3. The van der Waals surface area contributed by atoms with E-state index in [-0.39, 0.29) is 0 Å². The van der Waals surface area contributed by atoms with Gasteiger partial charge in [-0.1, -0.05) is 37.3 Å². The fraction of sp³-hybridized carbons (Fsp3) is 0.250. The number of rotatable bonds is 3. The summed E-state index contributed by atoms with van der Waals surface area (Å²) in [7, 11) is 0. The Hall–Kier alpha value is -2.55. The average Bonchev–Trinajstić information content (AvgIpc) is 2.94. The number of aryl methyl sites for hydroxylation is 3. The zero-order chi connectivity index (χ0) is 15.6. The Morgan fingerprint density at radius 1 is 1.04 bits per heavy atom. The first-order chi connectivity index (χ1) is 11.3. The Kier molecular flexibility index (Phi) is 3.62. The molecule has 116 valence electrons. The van der Waals surface area contributed by atoms with E-state index in [1.54, 1.807) is 0 Å². The van der Waals surface area contributed by atoms with Gasteiger partial charge < -0.3 is 9.88 Å². The lowest BCUT2D eigenvalue weighted by atomic mass is 10.0. The van der Waals surface area contributed by atoms with Crippen molar-refractivity contribution >= 4 is 11.4 Å².